The van der Waals surface area contributed by atoms with Gasteiger partial charge in [0.2, 0.25) is 0 Å². The zero-order chi connectivity index (χ0) is 9.84. The summed E-state index contributed by atoms with van der Waals surface area (Å²) in [4.78, 5) is 3.84. The third kappa shape index (κ3) is 2.29. The van der Waals surface area contributed by atoms with E-state index in [0.29, 0.717) is 16.8 Å². The monoisotopic (exact) mass is 175 g/mol. The predicted octanol–water partition coefficient (Wildman–Crippen LogP) is -0.528. The maximum absolute atomic E-state index is 7.57. The third-order valence-electron chi connectivity index (χ3n) is 1.55. The summed E-state index contributed by atoms with van der Waals surface area (Å²) in [7, 11) is 7.02. The summed E-state index contributed by atoms with van der Waals surface area (Å²) in [6.07, 6.45) is 1.46. The predicted molar refractivity (Wildman–Crippen MR) is 52.7 cm³/mol. The quantitative estimate of drug-likeness (QED) is 0.479. The van der Waals surface area contributed by atoms with E-state index in [1.165, 1.54) is 13.3 Å². The van der Waals surface area contributed by atoms with Crippen LogP contribution in [0.1, 0.15) is 5.56 Å². The van der Waals surface area contributed by atoms with E-state index in [1.807, 2.05) is 0 Å². The minimum Gasteiger partial charge on any atom is -0.383 e. The van der Waals surface area contributed by atoms with Crippen molar-refractivity contribution in [2.75, 3.05) is 19.5 Å². The van der Waals surface area contributed by atoms with Crippen molar-refractivity contribution in [2.24, 2.45) is 0 Å². The minimum absolute atomic E-state index is 0.204. The van der Waals surface area contributed by atoms with Crippen molar-refractivity contribution in [3.8, 4) is 0 Å². The number of nitrogen functional groups attached to an aromatic ring is 1. The van der Waals surface area contributed by atoms with Crippen LogP contribution >= 0.6 is 0 Å². The Labute approximate surface area is 78.0 Å². The molecule has 0 fully saturated rings. The van der Waals surface area contributed by atoms with Gasteiger partial charge in [0.25, 0.3) is 0 Å². The molecule has 1 aromatic rings. The lowest BCUT2D eigenvalue weighted by Crippen LogP contribution is -2.15. The first-order valence-corrected chi connectivity index (χ1v) is 3.73. The van der Waals surface area contributed by atoms with Crippen LogP contribution in [-0.4, -0.2) is 32.3 Å². The number of hydrogen-bond donors (Lipinski definition) is 2. The SMILES string of the molecule is [B]c1cnc(N)c(C(=N)COC)c1. The smallest absolute Gasteiger partial charge is 0.132 e. The summed E-state index contributed by atoms with van der Waals surface area (Å²) in [5.41, 5.74) is 6.86. The van der Waals surface area contributed by atoms with E-state index in [9.17, 15) is 0 Å². The number of rotatable bonds is 3. The number of aromatic nitrogens is 1. The zero-order valence-electron chi connectivity index (χ0n) is 7.37. The van der Waals surface area contributed by atoms with Gasteiger partial charge in [-0.05, 0) is 0 Å². The lowest BCUT2D eigenvalue weighted by atomic mass is 9.96. The van der Waals surface area contributed by atoms with Crippen LogP contribution in [0.3, 0.4) is 0 Å². The number of nitrogens with two attached hydrogens (primary N) is 1. The molecule has 5 heteroatoms. The molecule has 0 saturated heterocycles. The standard InChI is InChI=1S/C8H10BN3O/c1-13-4-7(10)6-2-5(9)3-12-8(6)11/h2-3,10H,4H2,1H3,(H2,11,12). The van der Waals surface area contributed by atoms with Crippen LogP contribution in [0.5, 0.6) is 0 Å². The van der Waals surface area contributed by atoms with Crippen LogP contribution in [0.25, 0.3) is 0 Å². The fourth-order valence-electron chi connectivity index (χ4n) is 0.955. The molecule has 66 valence electrons. The van der Waals surface area contributed by atoms with Gasteiger partial charge < -0.3 is 15.9 Å². The molecule has 1 rings (SSSR count). The van der Waals surface area contributed by atoms with Crippen LogP contribution < -0.4 is 11.2 Å². The van der Waals surface area contributed by atoms with Crippen molar-refractivity contribution in [3.63, 3.8) is 0 Å². The van der Waals surface area contributed by atoms with Crippen LogP contribution in [0.15, 0.2) is 12.3 Å². The molecule has 0 bridgehead atoms. The van der Waals surface area contributed by atoms with E-state index in [1.54, 1.807) is 6.07 Å². The Balaban J connectivity index is 2.99. The van der Waals surface area contributed by atoms with Crippen molar-refractivity contribution < 1.29 is 4.74 Å². The molecule has 2 radical (unpaired) electrons. The van der Waals surface area contributed by atoms with Crippen molar-refractivity contribution in [1.29, 1.82) is 5.41 Å². The molecular weight excluding hydrogens is 165 g/mol. The Morgan fingerprint density at radius 3 is 3.08 bits per heavy atom. The first kappa shape index (κ1) is 9.73. The van der Waals surface area contributed by atoms with Gasteiger partial charge in [0.05, 0.1) is 12.3 Å². The van der Waals surface area contributed by atoms with E-state index in [4.69, 9.17) is 23.7 Å². The van der Waals surface area contributed by atoms with Crippen molar-refractivity contribution in [3.05, 3.63) is 17.8 Å². The summed E-state index contributed by atoms with van der Waals surface area (Å²) in [5, 5.41) is 7.57. The van der Waals surface area contributed by atoms with Crippen LogP contribution in [0.4, 0.5) is 5.82 Å². The Morgan fingerprint density at radius 1 is 1.77 bits per heavy atom. The molecule has 1 heterocycles. The Bertz CT molecular complexity index is 327. The summed E-state index contributed by atoms with van der Waals surface area (Å²) in [6, 6.07) is 1.61. The van der Waals surface area contributed by atoms with E-state index in [0.717, 1.165) is 0 Å². The maximum Gasteiger partial charge on any atom is 0.132 e. The van der Waals surface area contributed by atoms with Crippen molar-refractivity contribution in [2.45, 2.75) is 0 Å². The van der Waals surface area contributed by atoms with E-state index in [-0.39, 0.29) is 12.3 Å². The molecule has 0 aromatic carbocycles. The Hall–Kier alpha value is -1.36. The normalized spacial score (nSPS) is 9.92. The number of nitrogens with zero attached hydrogens (tertiary/aromatic N) is 1. The number of hydrogen-bond acceptors (Lipinski definition) is 4. The molecule has 4 nitrogen and oxygen atoms in total. The lowest BCUT2D eigenvalue weighted by Gasteiger charge is -2.06. The highest BCUT2D eigenvalue weighted by Gasteiger charge is 2.06. The number of methoxy groups -OCH3 is 1. The van der Waals surface area contributed by atoms with E-state index >= 15 is 0 Å². The van der Waals surface area contributed by atoms with Gasteiger partial charge in [-0.3, -0.25) is 0 Å². The molecule has 0 amide bonds. The summed E-state index contributed by atoms with van der Waals surface area (Å²) in [5.74, 6) is 0.302. The van der Waals surface area contributed by atoms with E-state index < -0.39 is 0 Å². The summed E-state index contributed by atoms with van der Waals surface area (Å²) in [6.45, 7) is 0.204. The summed E-state index contributed by atoms with van der Waals surface area (Å²) >= 11 is 0. The number of pyridine rings is 1. The fourth-order valence-corrected chi connectivity index (χ4v) is 0.955. The zero-order valence-corrected chi connectivity index (χ0v) is 7.37. The number of ether oxygens (including phenoxy) is 1. The van der Waals surface area contributed by atoms with Crippen molar-refractivity contribution in [1.82, 2.24) is 4.98 Å². The maximum atomic E-state index is 7.57. The highest BCUT2D eigenvalue weighted by molar-refractivity contribution is 6.32. The molecule has 0 aliphatic heterocycles. The van der Waals surface area contributed by atoms with Gasteiger partial charge >= 0.3 is 0 Å². The molecule has 13 heavy (non-hydrogen) atoms. The van der Waals surface area contributed by atoms with Gasteiger partial charge in [-0.15, -0.1) is 0 Å². The van der Waals surface area contributed by atoms with Crippen LogP contribution in [0, 0.1) is 5.41 Å². The van der Waals surface area contributed by atoms with Gasteiger partial charge in [-0.2, -0.15) is 0 Å². The van der Waals surface area contributed by atoms with Crippen LogP contribution in [0.2, 0.25) is 0 Å². The highest BCUT2D eigenvalue weighted by Crippen LogP contribution is 2.06. The van der Waals surface area contributed by atoms with Gasteiger partial charge in [0, 0.05) is 18.9 Å². The number of nitrogens with one attached hydrogen (secondary N) is 1. The fraction of sp³-hybridized carbons (Fsp3) is 0.250. The molecule has 1 aromatic heterocycles. The molecule has 0 atom stereocenters. The molecule has 3 N–H and O–H groups in total. The summed E-state index contributed by atoms with van der Waals surface area (Å²) < 4.78 is 4.80. The second-order valence-electron chi connectivity index (χ2n) is 2.61. The number of anilines is 1. The van der Waals surface area contributed by atoms with Gasteiger partial charge in [-0.1, -0.05) is 11.5 Å². The Kier molecular flexibility index (Phi) is 3.03. The van der Waals surface area contributed by atoms with Gasteiger partial charge in [0.1, 0.15) is 13.7 Å². The largest absolute Gasteiger partial charge is 0.383 e. The second kappa shape index (κ2) is 4.05. The molecule has 0 aliphatic rings. The first-order valence-electron chi connectivity index (χ1n) is 3.73. The molecule has 0 unspecified atom stereocenters. The molecule has 0 spiro atoms. The molecule has 0 saturated carbocycles. The Morgan fingerprint density at radius 2 is 2.46 bits per heavy atom. The average Bonchev–Trinajstić information content (AvgIpc) is 2.09. The lowest BCUT2D eigenvalue weighted by molar-refractivity contribution is 0.245. The minimum atomic E-state index is 0.204. The van der Waals surface area contributed by atoms with Crippen molar-refractivity contribution >= 4 is 24.8 Å². The first-order chi connectivity index (χ1) is 6.15. The van der Waals surface area contributed by atoms with Gasteiger partial charge in [-0.25, -0.2) is 4.98 Å². The van der Waals surface area contributed by atoms with Crippen LogP contribution in [-0.2, 0) is 4.74 Å². The average molecular weight is 175 g/mol. The third-order valence-corrected chi connectivity index (χ3v) is 1.55. The van der Waals surface area contributed by atoms with Gasteiger partial charge in [0.15, 0.2) is 0 Å². The second-order valence-corrected chi connectivity index (χ2v) is 2.61. The molecular formula is C8H10BN3O. The topological polar surface area (TPSA) is 72.0 Å². The molecule has 0 aliphatic carbocycles. The highest BCUT2D eigenvalue weighted by atomic mass is 16.5. The van der Waals surface area contributed by atoms with E-state index in [2.05, 4.69) is 4.98 Å².